The molecule has 18 heavy (non-hydrogen) atoms. The summed E-state index contributed by atoms with van der Waals surface area (Å²) in [5.74, 6) is -1.32. The lowest BCUT2D eigenvalue weighted by molar-refractivity contribution is -0.139. The fraction of sp³-hybridized carbons (Fsp3) is 0.182. The third kappa shape index (κ3) is 2.17. The molecule has 0 spiro atoms. The van der Waals surface area contributed by atoms with Crippen molar-refractivity contribution in [2.45, 2.75) is 13.1 Å². The van der Waals surface area contributed by atoms with Crippen molar-refractivity contribution in [3.05, 3.63) is 34.5 Å². The van der Waals surface area contributed by atoms with E-state index < -0.39 is 17.6 Å². The predicted octanol–water partition coefficient (Wildman–Crippen LogP) is 3.86. The van der Waals surface area contributed by atoms with Gasteiger partial charge < -0.3 is 5.73 Å². The molecule has 0 aliphatic heterocycles. The number of anilines is 1. The minimum atomic E-state index is -4.73. The van der Waals surface area contributed by atoms with Crippen molar-refractivity contribution in [1.82, 2.24) is 4.98 Å². The third-order valence-corrected chi connectivity index (χ3v) is 3.17. The topological polar surface area (TPSA) is 38.9 Å². The van der Waals surface area contributed by atoms with Gasteiger partial charge in [0.05, 0.1) is 11.3 Å². The number of aryl methyl sites for hydroxylation is 1. The van der Waals surface area contributed by atoms with Crippen molar-refractivity contribution in [2.24, 2.45) is 0 Å². The quantitative estimate of drug-likeness (QED) is 0.803. The highest BCUT2D eigenvalue weighted by atomic mass is 32.1. The lowest BCUT2D eigenvalue weighted by atomic mass is 10.1. The number of nitrogen functional groups attached to an aromatic ring is 1. The highest BCUT2D eigenvalue weighted by Gasteiger charge is 2.35. The number of thiazole rings is 1. The molecule has 1 heterocycles. The van der Waals surface area contributed by atoms with Crippen LogP contribution >= 0.6 is 11.3 Å². The monoisotopic (exact) mass is 276 g/mol. The van der Waals surface area contributed by atoms with Crippen molar-refractivity contribution in [3.63, 3.8) is 0 Å². The Bertz CT molecular complexity index is 589. The van der Waals surface area contributed by atoms with E-state index in [1.165, 1.54) is 6.07 Å². The van der Waals surface area contributed by atoms with E-state index in [9.17, 15) is 17.6 Å². The van der Waals surface area contributed by atoms with E-state index in [0.717, 1.165) is 17.4 Å². The zero-order valence-electron chi connectivity index (χ0n) is 9.18. The van der Waals surface area contributed by atoms with E-state index in [0.29, 0.717) is 10.9 Å². The summed E-state index contributed by atoms with van der Waals surface area (Å²) < 4.78 is 51.6. The van der Waals surface area contributed by atoms with E-state index in [4.69, 9.17) is 5.73 Å². The zero-order chi connectivity index (χ0) is 13.5. The molecular weight excluding hydrogens is 268 g/mol. The second-order valence-corrected chi connectivity index (χ2v) is 4.86. The first-order valence-corrected chi connectivity index (χ1v) is 5.71. The minimum Gasteiger partial charge on any atom is -0.375 e. The van der Waals surface area contributed by atoms with Gasteiger partial charge in [-0.25, -0.2) is 9.37 Å². The van der Waals surface area contributed by atoms with Crippen LogP contribution in [-0.2, 0) is 6.18 Å². The maximum atomic E-state index is 13.8. The normalized spacial score (nSPS) is 11.8. The van der Waals surface area contributed by atoms with Crippen LogP contribution in [0.15, 0.2) is 18.2 Å². The van der Waals surface area contributed by atoms with Crippen LogP contribution in [0.3, 0.4) is 0 Å². The second kappa shape index (κ2) is 4.24. The first kappa shape index (κ1) is 12.8. The van der Waals surface area contributed by atoms with E-state index in [1.807, 2.05) is 0 Å². The molecule has 0 saturated heterocycles. The number of halogens is 4. The summed E-state index contributed by atoms with van der Waals surface area (Å²) in [5.41, 5.74) is 4.12. The summed E-state index contributed by atoms with van der Waals surface area (Å²) in [6.45, 7) is 1.63. The molecule has 7 heteroatoms. The van der Waals surface area contributed by atoms with Crippen LogP contribution in [0, 0.1) is 12.7 Å². The molecule has 2 rings (SSSR count). The molecule has 0 amide bonds. The Kier molecular flexibility index (Phi) is 3.02. The Morgan fingerprint density at radius 2 is 1.94 bits per heavy atom. The van der Waals surface area contributed by atoms with Crippen molar-refractivity contribution >= 4 is 16.5 Å². The molecular formula is C11H8F4N2S. The van der Waals surface area contributed by atoms with Gasteiger partial charge in [0.1, 0.15) is 5.82 Å². The summed E-state index contributed by atoms with van der Waals surface area (Å²) in [7, 11) is 0. The number of benzene rings is 1. The van der Waals surface area contributed by atoms with Crippen LogP contribution in [0.25, 0.3) is 11.3 Å². The average molecular weight is 276 g/mol. The minimum absolute atomic E-state index is 0.154. The van der Waals surface area contributed by atoms with Gasteiger partial charge in [-0.1, -0.05) is 6.07 Å². The molecule has 0 fully saturated rings. The lowest BCUT2D eigenvalue weighted by Crippen LogP contribution is -2.08. The molecule has 0 saturated carbocycles. The van der Waals surface area contributed by atoms with Crippen LogP contribution in [0.4, 0.5) is 22.7 Å². The van der Waals surface area contributed by atoms with Gasteiger partial charge in [-0.05, 0) is 19.1 Å². The fourth-order valence-electron chi connectivity index (χ4n) is 1.60. The molecule has 2 aromatic rings. The second-order valence-electron chi connectivity index (χ2n) is 3.62. The number of hydrogen-bond acceptors (Lipinski definition) is 3. The van der Waals surface area contributed by atoms with E-state index in [1.54, 1.807) is 6.92 Å². The Balaban J connectivity index is 2.63. The van der Waals surface area contributed by atoms with Gasteiger partial charge in [0.2, 0.25) is 0 Å². The molecule has 0 bridgehead atoms. The molecule has 2 N–H and O–H groups in total. The van der Waals surface area contributed by atoms with Crippen LogP contribution in [0.1, 0.15) is 10.4 Å². The van der Waals surface area contributed by atoms with Crippen LogP contribution in [-0.4, -0.2) is 4.98 Å². The molecule has 96 valence electrons. The maximum absolute atomic E-state index is 13.8. The van der Waals surface area contributed by atoms with Crippen LogP contribution in [0.5, 0.6) is 0 Å². The van der Waals surface area contributed by atoms with Gasteiger partial charge in [-0.3, -0.25) is 0 Å². The number of alkyl halides is 3. The van der Waals surface area contributed by atoms with Gasteiger partial charge in [0.25, 0.3) is 0 Å². The Hall–Kier alpha value is -1.63. The summed E-state index contributed by atoms with van der Waals surface area (Å²) >= 11 is 1.10. The van der Waals surface area contributed by atoms with Crippen LogP contribution < -0.4 is 5.73 Å². The van der Waals surface area contributed by atoms with Gasteiger partial charge >= 0.3 is 6.18 Å². The molecule has 0 radical (unpaired) electrons. The SMILES string of the molecule is Cc1sc(N)nc1-c1cccc(C(F)(F)F)c1F. The summed E-state index contributed by atoms with van der Waals surface area (Å²) in [4.78, 5) is 4.43. The Labute approximate surface area is 104 Å². The van der Waals surface area contributed by atoms with E-state index >= 15 is 0 Å². The maximum Gasteiger partial charge on any atom is 0.419 e. The molecule has 0 aliphatic rings. The number of rotatable bonds is 1. The van der Waals surface area contributed by atoms with Crippen molar-refractivity contribution in [2.75, 3.05) is 5.73 Å². The Morgan fingerprint density at radius 1 is 1.28 bits per heavy atom. The Morgan fingerprint density at radius 3 is 2.44 bits per heavy atom. The van der Waals surface area contributed by atoms with Crippen molar-refractivity contribution in [1.29, 1.82) is 0 Å². The smallest absolute Gasteiger partial charge is 0.375 e. The first-order chi connectivity index (χ1) is 8.30. The number of aromatic nitrogens is 1. The van der Waals surface area contributed by atoms with Gasteiger partial charge in [0.15, 0.2) is 5.13 Å². The highest BCUT2D eigenvalue weighted by Crippen LogP contribution is 2.37. The highest BCUT2D eigenvalue weighted by molar-refractivity contribution is 7.15. The lowest BCUT2D eigenvalue weighted by Gasteiger charge is -2.10. The molecule has 2 nitrogen and oxygen atoms in total. The van der Waals surface area contributed by atoms with E-state index in [2.05, 4.69) is 4.98 Å². The average Bonchev–Trinajstić information content (AvgIpc) is 2.56. The summed E-state index contributed by atoms with van der Waals surface area (Å²) in [6.07, 6.45) is -4.73. The fourth-order valence-corrected chi connectivity index (χ4v) is 2.30. The van der Waals surface area contributed by atoms with Gasteiger partial charge in [-0.2, -0.15) is 13.2 Å². The molecule has 1 aromatic heterocycles. The van der Waals surface area contributed by atoms with E-state index in [-0.39, 0.29) is 16.4 Å². The number of nitrogens with two attached hydrogens (primary N) is 1. The van der Waals surface area contributed by atoms with Crippen molar-refractivity contribution < 1.29 is 17.6 Å². The van der Waals surface area contributed by atoms with Gasteiger partial charge in [0, 0.05) is 10.4 Å². The first-order valence-electron chi connectivity index (χ1n) is 4.89. The molecule has 0 aliphatic carbocycles. The van der Waals surface area contributed by atoms with Crippen LogP contribution in [0.2, 0.25) is 0 Å². The molecule has 1 aromatic carbocycles. The largest absolute Gasteiger partial charge is 0.419 e. The summed E-state index contributed by atoms with van der Waals surface area (Å²) in [6, 6.07) is 3.10. The zero-order valence-corrected chi connectivity index (χ0v) is 9.99. The summed E-state index contributed by atoms with van der Waals surface area (Å²) in [5, 5.41) is 0.194. The van der Waals surface area contributed by atoms with Crippen molar-refractivity contribution in [3.8, 4) is 11.3 Å². The molecule has 0 unspecified atom stereocenters. The standard InChI is InChI=1S/C11H8F4N2S/c1-5-9(17-10(16)18-5)6-3-2-4-7(8(6)12)11(13,14)15/h2-4H,1H3,(H2,16,17). The molecule has 0 atom stereocenters. The van der Waals surface area contributed by atoms with Gasteiger partial charge in [-0.15, -0.1) is 11.3 Å². The number of hydrogen-bond donors (Lipinski definition) is 1. The number of nitrogens with zero attached hydrogens (tertiary/aromatic N) is 1. The predicted molar refractivity (Wildman–Crippen MR) is 61.7 cm³/mol. The third-order valence-electron chi connectivity index (χ3n) is 2.37.